The van der Waals surface area contributed by atoms with Gasteiger partial charge in [0.1, 0.15) is 23.4 Å². The Morgan fingerprint density at radius 1 is 0.825 bits per heavy atom. The van der Waals surface area contributed by atoms with Gasteiger partial charge in [0.25, 0.3) is 5.91 Å². The Balaban J connectivity index is 1.03. The number of likely N-dealkylation sites (tertiary alicyclic amines) is 1. The van der Waals surface area contributed by atoms with E-state index in [9.17, 15) is 19.2 Å². The first-order valence-corrected chi connectivity index (χ1v) is 18.5. The van der Waals surface area contributed by atoms with Crippen LogP contribution < -0.4 is 10.6 Å². The van der Waals surface area contributed by atoms with E-state index in [-0.39, 0.29) is 24.3 Å². The van der Waals surface area contributed by atoms with Crippen molar-refractivity contribution in [1.29, 1.82) is 0 Å². The molecule has 1 aliphatic rings. The fraction of sp³-hybridized carbons (Fsp3) is 0.262. The molecule has 4 heterocycles. The van der Waals surface area contributed by atoms with Crippen molar-refractivity contribution in [3.63, 3.8) is 0 Å². The summed E-state index contributed by atoms with van der Waals surface area (Å²) in [5.41, 5.74) is 4.24. The number of esters is 1. The molecule has 0 bridgehead atoms. The number of amides is 3. The van der Waals surface area contributed by atoms with Crippen molar-refractivity contribution >= 4 is 23.9 Å². The van der Waals surface area contributed by atoms with Crippen LogP contribution in [0.3, 0.4) is 0 Å². The summed E-state index contributed by atoms with van der Waals surface area (Å²) in [5, 5.41) is 5.66. The normalized spacial score (nSPS) is 15.4. The second-order valence-corrected chi connectivity index (χ2v) is 13.6. The van der Waals surface area contributed by atoms with E-state index in [1.54, 1.807) is 35.6 Å². The van der Waals surface area contributed by atoms with E-state index >= 15 is 0 Å². The van der Waals surface area contributed by atoms with Crippen LogP contribution in [0.5, 0.6) is 0 Å². The number of rotatable bonds is 13. The number of carbonyl (C=O) groups is 4. The van der Waals surface area contributed by atoms with Gasteiger partial charge in [-0.05, 0) is 37.0 Å². The summed E-state index contributed by atoms with van der Waals surface area (Å²) in [6.45, 7) is 2.32. The number of ether oxygens (including phenoxy) is 2. The van der Waals surface area contributed by atoms with Crippen LogP contribution in [0.25, 0.3) is 34.2 Å². The zero-order valence-electron chi connectivity index (χ0n) is 31.6. The maximum absolute atomic E-state index is 13.9. The summed E-state index contributed by atoms with van der Waals surface area (Å²) in [6, 6.07) is 24.1. The largest absolute Gasteiger partial charge is 0.469 e. The van der Waals surface area contributed by atoms with Crippen LogP contribution in [0.15, 0.2) is 108 Å². The fourth-order valence-corrected chi connectivity index (χ4v) is 6.96. The van der Waals surface area contributed by atoms with Gasteiger partial charge in [-0.3, -0.25) is 14.4 Å². The van der Waals surface area contributed by atoms with Crippen LogP contribution in [0, 0.1) is 0 Å². The third-order valence-corrected chi connectivity index (χ3v) is 9.95. The highest BCUT2D eigenvalue weighted by Gasteiger charge is 2.37. The fourth-order valence-electron chi connectivity index (χ4n) is 6.96. The van der Waals surface area contributed by atoms with E-state index in [0.717, 1.165) is 23.2 Å². The predicted molar refractivity (Wildman–Crippen MR) is 208 cm³/mol. The van der Waals surface area contributed by atoms with Crippen LogP contribution in [-0.4, -0.2) is 74.5 Å². The molecule has 292 valence electrons. The number of benzene rings is 3. The minimum absolute atomic E-state index is 0.0898. The third-order valence-electron chi connectivity index (χ3n) is 9.95. The molecule has 3 aromatic carbocycles. The Morgan fingerprint density at radius 2 is 1.54 bits per heavy atom. The molecule has 15 nitrogen and oxygen atoms in total. The van der Waals surface area contributed by atoms with Gasteiger partial charge in [0.2, 0.25) is 11.8 Å². The number of hydrogen-bond donors (Lipinski definition) is 4. The molecule has 0 spiro atoms. The zero-order chi connectivity index (χ0) is 39.9. The molecule has 4 N–H and O–H groups in total. The number of carbonyl (C=O) groups excluding carboxylic acids is 4. The molecule has 3 aromatic heterocycles. The smallest absolute Gasteiger partial charge is 0.407 e. The molecule has 0 saturated carbocycles. The van der Waals surface area contributed by atoms with Gasteiger partial charge < -0.3 is 39.4 Å². The van der Waals surface area contributed by atoms with Crippen LogP contribution in [0.4, 0.5) is 4.79 Å². The molecule has 0 aliphatic carbocycles. The quantitative estimate of drug-likeness (QED) is 0.0953. The first-order chi connectivity index (χ1) is 27.7. The molecule has 4 atom stereocenters. The summed E-state index contributed by atoms with van der Waals surface area (Å²) < 4.78 is 15.9. The van der Waals surface area contributed by atoms with E-state index in [2.05, 4.69) is 35.6 Å². The van der Waals surface area contributed by atoms with Crippen molar-refractivity contribution in [2.24, 2.45) is 0 Å². The van der Waals surface area contributed by atoms with Crippen molar-refractivity contribution in [3.8, 4) is 34.2 Å². The number of nitrogens with one attached hydrogen (secondary N) is 4. The number of nitrogens with zero attached hydrogens (tertiary/aromatic N) is 4. The van der Waals surface area contributed by atoms with Gasteiger partial charge in [-0.2, -0.15) is 0 Å². The van der Waals surface area contributed by atoms with Gasteiger partial charge in [0, 0.05) is 17.7 Å². The number of aromatic amines is 2. The van der Waals surface area contributed by atoms with E-state index in [1.165, 1.54) is 14.2 Å². The topological polar surface area (TPSA) is 197 Å². The predicted octanol–water partition coefficient (Wildman–Crippen LogP) is 6.41. The van der Waals surface area contributed by atoms with Crippen molar-refractivity contribution < 1.29 is 33.1 Å². The molecular formula is C42H42N8O7. The van der Waals surface area contributed by atoms with Gasteiger partial charge in [0.15, 0.2) is 5.76 Å². The van der Waals surface area contributed by atoms with Crippen LogP contribution in [0.1, 0.15) is 73.0 Å². The van der Waals surface area contributed by atoms with Crippen LogP contribution in [-0.2, 0) is 23.9 Å². The number of aromatic nitrogens is 5. The highest BCUT2D eigenvalue weighted by atomic mass is 16.5. The Bertz CT molecular complexity index is 2340. The second kappa shape index (κ2) is 17.2. The van der Waals surface area contributed by atoms with E-state index in [0.29, 0.717) is 53.1 Å². The van der Waals surface area contributed by atoms with Gasteiger partial charge in [-0.25, -0.2) is 19.7 Å². The summed E-state index contributed by atoms with van der Waals surface area (Å²) in [6.07, 6.45) is 5.63. The van der Waals surface area contributed by atoms with Gasteiger partial charge in [0.05, 0.1) is 62.9 Å². The Kier molecular flexibility index (Phi) is 11.5. The summed E-state index contributed by atoms with van der Waals surface area (Å²) in [7, 11) is 2.56. The van der Waals surface area contributed by atoms with Gasteiger partial charge >= 0.3 is 12.1 Å². The number of methoxy groups -OCH3 is 2. The highest BCUT2D eigenvalue weighted by Crippen LogP contribution is 2.35. The number of H-pyrrole nitrogens is 2. The maximum atomic E-state index is 13.9. The monoisotopic (exact) mass is 770 g/mol. The van der Waals surface area contributed by atoms with Crippen molar-refractivity contribution in [1.82, 2.24) is 40.5 Å². The summed E-state index contributed by atoms with van der Waals surface area (Å²) in [5.74, 6) is 0.208. The average Bonchev–Trinajstić information content (AvgIpc) is 4.09. The third kappa shape index (κ3) is 8.62. The molecule has 0 radical (unpaired) electrons. The Morgan fingerprint density at radius 3 is 2.28 bits per heavy atom. The molecule has 6 aromatic rings. The molecule has 0 unspecified atom stereocenters. The summed E-state index contributed by atoms with van der Waals surface area (Å²) in [4.78, 5) is 73.6. The minimum Gasteiger partial charge on any atom is -0.469 e. The lowest BCUT2D eigenvalue weighted by Crippen LogP contribution is -2.42. The molecule has 57 heavy (non-hydrogen) atoms. The lowest BCUT2D eigenvalue weighted by molar-refractivity contribution is -0.143. The molecule has 7 rings (SSSR count). The Labute approximate surface area is 328 Å². The second-order valence-electron chi connectivity index (χ2n) is 13.6. The molecular weight excluding hydrogens is 729 g/mol. The van der Waals surface area contributed by atoms with E-state index < -0.39 is 30.1 Å². The van der Waals surface area contributed by atoms with E-state index in [1.807, 2.05) is 79.7 Å². The number of hydrogen-bond acceptors (Lipinski definition) is 10. The molecule has 15 heteroatoms. The lowest BCUT2D eigenvalue weighted by Gasteiger charge is -2.28. The summed E-state index contributed by atoms with van der Waals surface area (Å²) >= 11 is 0. The number of oxazole rings is 1. The molecule has 1 saturated heterocycles. The van der Waals surface area contributed by atoms with E-state index in [4.69, 9.17) is 13.9 Å². The lowest BCUT2D eigenvalue weighted by atomic mass is 9.94. The highest BCUT2D eigenvalue weighted by molar-refractivity contribution is 5.89. The van der Waals surface area contributed by atoms with Gasteiger partial charge in [-0.1, -0.05) is 78.9 Å². The first kappa shape index (κ1) is 38.3. The average molecular weight is 771 g/mol. The van der Waals surface area contributed by atoms with Crippen LogP contribution in [0.2, 0.25) is 0 Å². The van der Waals surface area contributed by atoms with Crippen molar-refractivity contribution in [2.45, 2.75) is 50.2 Å². The number of imidazole rings is 2. The standard InChI is InChI=1S/C42H42N8O7/c1-25(46-39(52)30(21-35(51)55-2)26-12-6-4-7-13-26)37-43-22-31(47-37)28-16-10-17-29(20-28)34-24-45-40(57-34)32-23-44-38(48-32)33-18-11-19-50(33)41(53)36(49-42(54)56-3)27-14-8-5-9-15-27/h4-10,12-17,20,22-25,30,33,36H,11,18-19,21H2,1-3H3,(H,43,47)(H,44,48)(H,46,52)(H,49,54)/t25-,30+,33-,36+/m0/s1. The minimum atomic E-state index is -0.923. The zero-order valence-corrected chi connectivity index (χ0v) is 31.6. The maximum Gasteiger partial charge on any atom is 0.407 e. The van der Waals surface area contributed by atoms with Crippen LogP contribution >= 0.6 is 0 Å². The molecule has 1 aliphatic heterocycles. The Hall–Kier alpha value is -7.03. The van der Waals surface area contributed by atoms with Crippen molar-refractivity contribution in [2.75, 3.05) is 20.8 Å². The SMILES string of the molecule is COC(=O)C[C@@H](C(=O)N[C@@H](C)c1ncc(-c2cccc(-c3cnc(-c4cnc([C@@H]5CCCN5C(=O)[C@H](NC(=O)OC)c5ccccc5)[nH]4)o3)c2)[nH]1)c1ccccc1. The first-order valence-electron chi connectivity index (χ1n) is 18.5. The number of alkyl carbamates (subject to hydrolysis) is 1. The molecule has 3 amide bonds. The van der Waals surface area contributed by atoms with Gasteiger partial charge in [-0.15, -0.1) is 0 Å². The van der Waals surface area contributed by atoms with Crippen molar-refractivity contribution in [3.05, 3.63) is 126 Å². The molecule has 1 fully saturated rings.